The molecule has 0 amide bonds. The largest absolute Gasteiger partial charge is 0.357 e. The molecule has 6 heteroatoms. The molecule has 2 N–H and O–H groups in total. The van der Waals surface area contributed by atoms with Gasteiger partial charge in [-0.3, -0.25) is 4.99 Å². The van der Waals surface area contributed by atoms with Crippen molar-refractivity contribution in [1.29, 1.82) is 0 Å². The highest BCUT2D eigenvalue weighted by atomic mass is 127. The number of hydrogen-bond donors (Lipinski definition) is 2. The molecular weight excluding hydrogens is 375 g/mol. The third kappa shape index (κ3) is 7.04. The SMILES string of the molecule is CCNC(=NCC1(CC(C)C)CCC1)NCC(F)F.I. The molecule has 1 fully saturated rings. The quantitative estimate of drug-likeness (QED) is 0.387. The van der Waals surface area contributed by atoms with Crippen LogP contribution in [-0.2, 0) is 0 Å². The van der Waals surface area contributed by atoms with Crippen molar-refractivity contribution < 1.29 is 8.78 Å². The highest BCUT2D eigenvalue weighted by molar-refractivity contribution is 14.0. The van der Waals surface area contributed by atoms with Crippen molar-refractivity contribution in [3.63, 3.8) is 0 Å². The summed E-state index contributed by atoms with van der Waals surface area (Å²) in [6.45, 7) is 7.47. The molecule has 1 saturated carbocycles. The summed E-state index contributed by atoms with van der Waals surface area (Å²) in [6, 6.07) is 0. The molecule has 0 aromatic heterocycles. The van der Waals surface area contributed by atoms with Crippen molar-refractivity contribution in [2.45, 2.75) is 52.9 Å². The minimum absolute atomic E-state index is 0. The highest BCUT2D eigenvalue weighted by Crippen LogP contribution is 2.46. The first-order valence-electron chi connectivity index (χ1n) is 7.28. The number of halogens is 3. The highest BCUT2D eigenvalue weighted by Gasteiger charge is 2.37. The van der Waals surface area contributed by atoms with Gasteiger partial charge in [-0.05, 0) is 37.5 Å². The molecule has 3 nitrogen and oxygen atoms in total. The maximum atomic E-state index is 12.2. The minimum Gasteiger partial charge on any atom is -0.357 e. The molecule has 1 rings (SSSR count). The van der Waals surface area contributed by atoms with Crippen molar-refractivity contribution in [3.8, 4) is 0 Å². The van der Waals surface area contributed by atoms with E-state index in [9.17, 15) is 8.78 Å². The second-order valence-electron chi connectivity index (χ2n) is 5.92. The van der Waals surface area contributed by atoms with E-state index in [-0.39, 0.29) is 30.5 Å². The Bertz CT molecular complexity index is 292. The zero-order valence-corrected chi connectivity index (χ0v) is 15.0. The van der Waals surface area contributed by atoms with Crippen LogP contribution in [0.15, 0.2) is 4.99 Å². The van der Waals surface area contributed by atoms with E-state index in [1.807, 2.05) is 6.92 Å². The molecule has 20 heavy (non-hydrogen) atoms. The van der Waals surface area contributed by atoms with Crippen molar-refractivity contribution >= 4 is 29.9 Å². The number of alkyl halides is 2. The van der Waals surface area contributed by atoms with Crippen LogP contribution in [0.25, 0.3) is 0 Å². The minimum atomic E-state index is -2.35. The van der Waals surface area contributed by atoms with E-state index >= 15 is 0 Å². The van der Waals surface area contributed by atoms with E-state index in [1.54, 1.807) is 0 Å². The van der Waals surface area contributed by atoms with Crippen molar-refractivity contribution in [1.82, 2.24) is 10.6 Å². The van der Waals surface area contributed by atoms with Crippen LogP contribution in [0.3, 0.4) is 0 Å². The molecule has 0 unspecified atom stereocenters. The Kier molecular flexibility index (Phi) is 9.67. The van der Waals surface area contributed by atoms with Gasteiger partial charge in [0.2, 0.25) is 0 Å². The Morgan fingerprint density at radius 1 is 1.25 bits per heavy atom. The van der Waals surface area contributed by atoms with Gasteiger partial charge in [-0.15, -0.1) is 24.0 Å². The second-order valence-corrected chi connectivity index (χ2v) is 5.92. The zero-order valence-electron chi connectivity index (χ0n) is 12.7. The molecule has 1 aliphatic carbocycles. The maximum absolute atomic E-state index is 12.2. The summed E-state index contributed by atoms with van der Waals surface area (Å²) in [5, 5.41) is 5.70. The number of guanidine groups is 1. The molecule has 0 spiro atoms. The van der Waals surface area contributed by atoms with Crippen LogP contribution in [0.2, 0.25) is 0 Å². The number of nitrogens with one attached hydrogen (secondary N) is 2. The molecule has 0 bridgehead atoms. The topological polar surface area (TPSA) is 36.4 Å². The Hall–Kier alpha value is -0.140. The molecule has 0 saturated heterocycles. The van der Waals surface area contributed by atoms with Crippen LogP contribution in [0.1, 0.15) is 46.5 Å². The Morgan fingerprint density at radius 3 is 2.30 bits per heavy atom. The lowest BCUT2D eigenvalue weighted by Crippen LogP contribution is -2.41. The molecule has 120 valence electrons. The second kappa shape index (κ2) is 9.73. The van der Waals surface area contributed by atoms with Gasteiger partial charge >= 0.3 is 0 Å². The van der Waals surface area contributed by atoms with Gasteiger partial charge in [-0.1, -0.05) is 20.3 Å². The van der Waals surface area contributed by atoms with Gasteiger partial charge in [-0.2, -0.15) is 0 Å². The number of rotatable bonds is 7. The van der Waals surface area contributed by atoms with Crippen LogP contribution >= 0.6 is 24.0 Å². The summed E-state index contributed by atoms with van der Waals surface area (Å²) in [5.74, 6) is 1.17. The lowest BCUT2D eigenvalue weighted by Gasteiger charge is -2.42. The van der Waals surface area contributed by atoms with Crippen LogP contribution in [0.4, 0.5) is 8.78 Å². The summed E-state index contributed by atoms with van der Waals surface area (Å²) < 4.78 is 24.4. The fourth-order valence-corrected chi connectivity index (χ4v) is 2.73. The van der Waals surface area contributed by atoms with Crippen LogP contribution in [-0.4, -0.2) is 32.0 Å². The van der Waals surface area contributed by atoms with Gasteiger partial charge in [0.25, 0.3) is 6.43 Å². The summed E-state index contributed by atoms with van der Waals surface area (Å²) >= 11 is 0. The third-order valence-corrected chi connectivity index (χ3v) is 3.60. The van der Waals surface area contributed by atoms with E-state index in [4.69, 9.17) is 0 Å². The van der Waals surface area contributed by atoms with Gasteiger partial charge in [0.1, 0.15) is 0 Å². The lowest BCUT2D eigenvalue weighted by atomic mass is 9.64. The van der Waals surface area contributed by atoms with E-state index in [1.165, 1.54) is 25.7 Å². The zero-order chi connectivity index (χ0) is 14.3. The van der Waals surface area contributed by atoms with E-state index in [2.05, 4.69) is 29.5 Å². The van der Waals surface area contributed by atoms with E-state index in [0.29, 0.717) is 23.8 Å². The average Bonchev–Trinajstić information content (AvgIpc) is 2.28. The molecule has 0 aromatic rings. The molecule has 0 aliphatic heterocycles. The molecule has 1 aliphatic rings. The van der Waals surface area contributed by atoms with Gasteiger partial charge < -0.3 is 10.6 Å². The Balaban J connectivity index is 0.00000361. The van der Waals surface area contributed by atoms with Gasteiger partial charge in [0.05, 0.1) is 6.54 Å². The van der Waals surface area contributed by atoms with Crippen molar-refractivity contribution in [3.05, 3.63) is 0 Å². The van der Waals surface area contributed by atoms with Crippen LogP contribution < -0.4 is 10.6 Å². The Labute approximate surface area is 138 Å². The van der Waals surface area contributed by atoms with Crippen molar-refractivity contribution in [2.75, 3.05) is 19.6 Å². The Morgan fingerprint density at radius 2 is 1.90 bits per heavy atom. The van der Waals surface area contributed by atoms with E-state index < -0.39 is 6.43 Å². The molecule has 0 aromatic carbocycles. The standard InChI is InChI=1S/C14H27F2N3.HI/c1-4-17-13(18-9-12(15)16)19-10-14(6-5-7-14)8-11(2)3;/h11-12H,4-10H2,1-3H3,(H2,17,18,19);1H. The summed E-state index contributed by atoms with van der Waals surface area (Å²) in [7, 11) is 0. The number of aliphatic imine (C=N–C) groups is 1. The summed E-state index contributed by atoms with van der Waals surface area (Å²) in [4.78, 5) is 4.49. The number of nitrogens with zero attached hydrogens (tertiary/aromatic N) is 1. The normalized spacial score (nSPS) is 17.6. The van der Waals surface area contributed by atoms with Crippen LogP contribution in [0.5, 0.6) is 0 Å². The van der Waals surface area contributed by atoms with Gasteiger partial charge in [0, 0.05) is 13.1 Å². The first-order chi connectivity index (χ1) is 8.97. The van der Waals surface area contributed by atoms with E-state index in [0.717, 1.165) is 6.54 Å². The third-order valence-electron chi connectivity index (χ3n) is 3.60. The number of hydrogen-bond acceptors (Lipinski definition) is 1. The lowest BCUT2D eigenvalue weighted by molar-refractivity contribution is 0.111. The maximum Gasteiger partial charge on any atom is 0.255 e. The molecule has 0 heterocycles. The predicted molar refractivity (Wildman–Crippen MR) is 91.1 cm³/mol. The summed E-state index contributed by atoms with van der Waals surface area (Å²) in [5.41, 5.74) is 0.307. The first kappa shape index (κ1) is 19.9. The monoisotopic (exact) mass is 403 g/mol. The first-order valence-corrected chi connectivity index (χ1v) is 7.28. The molecular formula is C14H28F2IN3. The van der Waals surface area contributed by atoms with Gasteiger partial charge in [0.15, 0.2) is 5.96 Å². The molecule has 0 atom stereocenters. The fourth-order valence-electron chi connectivity index (χ4n) is 2.73. The average molecular weight is 403 g/mol. The van der Waals surface area contributed by atoms with Crippen LogP contribution in [0, 0.1) is 11.3 Å². The van der Waals surface area contributed by atoms with Gasteiger partial charge in [-0.25, -0.2) is 8.78 Å². The predicted octanol–water partition coefficient (Wildman–Crippen LogP) is 3.64. The molecule has 0 radical (unpaired) electrons. The summed E-state index contributed by atoms with van der Waals surface area (Å²) in [6.07, 6.45) is 2.51. The smallest absolute Gasteiger partial charge is 0.255 e. The fraction of sp³-hybridized carbons (Fsp3) is 0.929. The van der Waals surface area contributed by atoms with Crippen molar-refractivity contribution in [2.24, 2.45) is 16.3 Å².